The van der Waals surface area contributed by atoms with E-state index in [1.165, 1.54) is 37.1 Å². The number of rotatable bonds is 6. The van der Waals surface area contributed by atoms with Gasteiger partial charge in [0, 0.05) is 31.9 Å². The van der Waals surface area contributed by atoms with E-state index in [-0.39, 0.29) is 0 Å². The van der Waals surface area contributed by atoms with E-state index in [1.54, 1.807) is 0 Å². The number of fused-ring (bicyclic) bond motifs is 1. The highest BCUT2D eigenvalue weighted by Gasteiger charge is 2.14. The molecule has 0 saturated heterocycles. The van der Waals surface area contributed by atoms with E-state index in [4.69, 9.17) is 0 Å². The Balaban J connectivity index is 1.74. The standard InChI is InChI=1S/C13H24N4/c1-16(2)9-7-14-8-10-17-11-15-12-5-3-4-6-13(12)17/h11,14H,3-10H2,1-2H3. The van der Waals surface area contributed by atoms with Crippen LogP contribution < -0.4 is 5.32 Å². The quantitative estimate of drug-likeness (QED) is 0.745. The lowest BCUT2D eigenvalue weighted by molar-refractivity contribution is 0.397. The second-order valence-corrected chi connectivity index (χ2v) is 5.09. The summed E-state index contributed by atoms with van der Waals surface area (Å²) >= 11 is 0. The van der Waals surface area contributed by atoms with E-state index < -0.39 is 0 Å². The summed E-state index contributed by atoms with van der Waals surface area (Å²) in [7, 11) is 4.21. The van der Waals surface area contributed by atoms with Crippen LogP contribution in [0.15, 0.2) is 6.33 Å². The van der Waals surface area contributed by atoms with E-state index in [0.717, 1.165) is 26.2 Å². The van der Waals surface area contributed by atoms with Crippen molar-refractivity contribution >= 4 is 0 Å². The topological polar surface area (TPSA) is 33.1 Å². The third kappa shape index (κ3) is 3.54. The van der Waals surface area contributed by atoms with Crippen LogP contribution in [-0.2, 0) is 19.4 Å². The summed E-state index contributed by atoms with van der Waals surface area (Å²) in [6.45, 7) is 4.25. The second kappa shape index (κ2) is 6.17. The molecule has 2 rings (SSSR count). The third-order valence-electron chi connectivity index (χ3n) is 3.38. The average Bonchev–Trinajstić information content (AvgIpc) is 2.72. The molecule has 1 heterocycles. The summed E-state index contributed by atoms with van der Waals surface area (Å²) in [6, 6.07) is 0. The monoisotopic (exact) mass is 236 g/mol. The van der Waals surface area contributed by atoms with Gasteiger partial charge < -0.3 is 14.8 Å². The third-order valence-corrected chi connectivity index (χ3v) is 3.38. The summed E-state index contributed by atoms with van der Waals surface area (Å²) in [5, 5.41) is 3.47. The molecule has 0 bridgehead atoms. The highest BCUT2D eigenvalue weighted by atomic mass is 15.1. The average molecular weight is 236 g/mol. The SMILES string of the molecule is CN(C)CCNCCn1cnc2c1CCCC2. The number of nitrogens with zero attached hydrogens (tertiary/aromatic N) is 3. The Hall–Kier alpha value is -0.870. The lowest BCUT2D eigenvalue weighted by Gasteiger charge is -2.15. The molecule has 96 valence electrons. The number of hydrogen-bond donors (Lipinski definition) is 1. The summed E-state index contributed by atoms with van der Waals surface area (Å²) in [4.78, 5) is 6.71. The molecule has 4 nitrogen and oxygen atoms in total. The van der Waals surface area contributed by atoms with Crippen LogP contribution in [0.4, 0.5) is 0 Å². The number of aromatic nitrogens is 2. The van der Waals surface area contributed by atoms with Crippen molar-refractivity contribution < 1.29 is 0 Å². The highest BCUT2D eigenvalue weighted by Crippen LogP contribution is 2.19. The Morgan fingerprint density at radius 1 is 1.29 bits per heavy atom. The molecule has 17 heavy (non-hydrogen) atoms. The number of likely N-dealkylation sites (N-methyl/N-ethyl adjacent to an activating group) is 1. The minimum Gasteiger partial charge on any atom is -0.333 e. The molecule has 1 N–H and O–H groups in total. The summed E-state index contributed by atoms with van der Waals surface area (Å²) in [6.07, 6.45) is 7.05. The fraction of sp³-hybridized carbons (Fsp3) is 0.769. The van der Waals surface area contributed by atoms with Crippen LogP contribution >= 0.6 is 0 Å². The molecule has 0 atom stereocenters. The van der Waals surface area contributed by atoms with Crippen molar-refractivity contribution in [1.82, 2.24) is 19.8 Å². The van der Waals surface area contributed by atoms with Gasteiger partial charge in [-0.3, -0.25) is 0 Å². The van der Waals surface area contributed by atoms with Gasteiger partial charge in [0.2, 0.25) is 0 Å². The predicted octanol–water partition coefficient (Wildman–Crippen LogP) is 0.913. The maximum atomic E-state index is 4.51. The molecule has 1 aliphatic rings. The van der Waals surface area contributed by atoms with Crippen LogP contribution in [-0.4, -0.2) is 48.2 Å². The molecular formula is C13H24N4. The Morgan fingerprint density at radius 2 is 2.12 bits per heavy atom. The van der Waals surface area contributed by atoms with Crippen LogP contribution in [0.3, 0.4) is 0 Å². The Labute approximate surface area is 104 Å². The zero-order chi connectivity index (χ0) is 12.1. The van der Waals surface area contributed by atoms with Gasteiger partial charge >= 0.3 is 0 Å². The minimum atomic E-state index is 1.04. The van der Waals surface area contributed by atoms with Gasteiger partial charge in [0.05, 0.1) is 12.0 Å². The van der Waals surface area contributed by atoms with Gasteiger partial charge in [0.15, 0.2) is 0 Å². The van der Waals surface area contributed by atoms with Gasteiger partial charge in [0.25, 0.3) is 0 Å². The number of imidazole rings is 1. The van der Waals surface area contributed by atoms with Crippen molar-refractivity contribution in [1.29, 1.82) is 0 Å². The zero-order valence-corrected chi connectivity index (χ0v) is 11.1. The molecular weight excluding hydrogens is 212 g/mol. The molecule has 1 aliphatic carbocycles. The van der Waals surface area contributed by atoms with Gasteiger partial charge in [-0.1, -0.05) is 0 Å². The van der Waals surface area contributed by atoms with Crippen LogP contribution in [0.5, 0.6) is 0 Å². The molecule has 0 radical (unpaired) electrons. The van der Waals surface area contributed by atoms with E-state index in [2.05, 4.69) is 33.9 Å². The van der Waals surface area contributed by atoms with Crippen molar-refractivity contribution in [2.45, 2.75) is 32.2 Å². The van der Waals surface area contributed by atoms with E-state index in [0.29, 0.717) is 0 Å². The molecule has 1 aromatic heterocycles. The van der Waals surface area contributed by atoms with Crippen LogP contribution in [0.25, 0.3) is 0 Å². The largest absolute Gasteiger partial charge is 0.333 e. The Kier molecular flexibility index (Phi) is 4.57. The Bertz CT molecular complexity index is 343. The molecule has 0 amide bonds. The first-order valence-corrected chi connectivity index (χ1v) is 6.65. The van der Waals surface area contributed by atoms with E-state index >= 15 is 0 Å². The van der Waals surface area contributed by atoms with Crippen LogP contribution in [0.2, 0.25) is 0 Å². The van der Waals surface area contributed by atoms with E-state index in [1.807, 2.05) is 6.33 Å². The fourth-order valence-electron chi connectivity index (χ4n) is 2.35. The highest BCUT2D eigenvalue weighted by molar-refractivity contribution is 5.16. The van der Waals surface area contributed by atoms with Crippen molar-refractivity contribution in [3.8, 4) is 0 Å². The van der Waals surface area contributed by atoms with E-state index in [9.17, 15) is 0 Å². The van der Waals surface area contributed by atoms with Crippen molar-refractivity contribution in [2.75, 3.05) is 33.7 Å². The zero-order valence-electron chi connectivity index (χ0n) is 11.1. The Morgan fingerprint density at radius 3 is 2.94 bits per heavy atom. The van der Waals surface area contributed by atoms with Gasteiger partial charge in [-0.15, -0.1) is 0 Å². The van der Waals surface area contributed by atoms with Crippen LogP contribution in [0, 0.1) is 0 Å². The summed E-state index contributed by atoms with van der Waals surface area (Å²) in [5.41, 5.74) is 2.82. The van der Waals surface area contributed by atoms with Gasteiger partial charge in [-0.05, 0) is 39.8 Å². The first-order chi connectivity index (χ1) is 8.27. The first kappa shape index (κ1) is 12.6. The van der Waals surface area contributed by atoms with Crippen molar-refractivity contribution in [3.63, 3.8) is 0 Å². The smallest absolute Gasteiger partial charge is 0.0952 e. The van der Waals surface area contributed by atoms with Gasteiger partial charge in [-0.2, -0.15) is 0 Å². The summed E-state index contributed by atoms with van der Waals surface area (Å²) in [5.74, 6) is 0. The summed E-state index contributed by atoms with van der Waals surface area (Å²) < 4.78 is 2.33. The number of aryl methyl sites for hydroxylation is 1. The first-order valence-electron chi connectivity index (χ1n) is 6.65. The molecule has 0 fully saturated rings. The van der Waals surface area contributed by atoms with Gasteiger partial charge in [0.1, 0.15) is 0 Å². The van der Waals surface area contributed by atoms with Crippen LogP contribution in [0.1, 0.15) is 24.2 Å². The molecule has 0 spiro atoms. The predicted molar refractivity (Wildman–Crippen MR) is 70.3 cm³/mol. The van der Waals surface area contributed by atoms with Gasteiger partial charge in [-0.25, -0.2) is 4.98 Å². The molecule has 0 aromatic carbocycles. The normalized spacial score (nSPS) is 15.2. The number of hydrogen-bond acceptors (Lipinski definition) is 3. The lowest BCUT2D eigenvalue weighted by Crippen LogP contribution is -2.29. The lowest BCUT2D eigenvalue weighted by atomic mass is 10.0. The molecule has 0 saturated carbocycles. The molecule has 0 aliphatic heterocycles. The van der Waals surface area contributed by atoms with Crippen molar-refractivity contribution in [3.05, 3.63) is 17.7 Å². The molecule has 0 unspecified atom stereocenters. The number of nitrogens with one attached hydrogen (secondary N) is 1. The fourth-order valence-corrected chi connectivity index (χ4v) is 2.35. The second-order valence-electron chi connectivity index (χ2n) is 5.09. The maximum absolute atomic E-state index is 4.51. The maximum Gasteiger partial charge on any atom is 0.0952 e. The minimum absolute atomic E-state index is 1.04. The van der Waals surface area contributed by atoms with Crippen molar-refractivity contribution in [2.24, 2.45) is 0 Å². The molecule has 4 heteroatoms. The molecule has 1 aromatic rings.